The molecule has 8 nitrogen and oxygen atoms in total. The Hall–Kier alpha value is -2.91. The summed E-state index contributed by atoms with van der Waals surface area (Å²) in [5.74, 6) is 0.00164. The second-order valence-corrected chi connectivity index (χ2v) is 8.30. The molecule has 0 aliphatic carbocycles. The van der Waals surface area contributed by atoms with Gasteiger partial charge in [-0.1, -0.05) is 18.5 Å². The van der Waals surface area contributed by atoms with Gasteiger partial charge in [-0.3, -0.25) is 14.5 Å². The number of ether oxygens (including phenoxy) is 3. The van der Waals surface area contributed by atoms with Crippen molar-refractivity contribution < 1.29 is 33.0 Å². The smallest absolute Gasteiger partial charge is 0.373 e. The van der Waals surface area contributed by atoms with Crippen molar-refractivity contribution in [2.75, 3.05) is 14.2 Å². The maximum absolute atomic E-state index is 12.8. The van der Waals surface area contributed by atoms with Crippen LogP contribution in [0.3, 0.4) is 0 Å². The zero-order chi connectivity index (χ0) is 23.4. The summed E-state index contributed by atoms with van der Waals surface area (Å²) in [5, 5.41) is -0.117. The van der Waals surface area contributed by atoms with Crippen LogP contribution in [0.5, 0.6) is 11.5 Å². The van der Waals surface area contributed by atoms with Crippen molar-refractivity contribution in [3.63, 3.8) is 0 Å². The molecule has 1 aromatic heterocycles. The summed E-state index contributed by atoms with van der Waals surface area (Å²) in [6.45, 7) is 3.81. The van der Waals surface area contributed by atoms with Crippen LogP contribution in [0, 0.1) is 0 Å². The molecule has 2 aromatic rings. The van der Waals surface area contributed by atoms with Crippen LogP contribution < -0.4 is 9.47 Å². The van der Waals surface area contributed by atoms with Gasteiger partial charge < -0.3 is 18.6 Å². The van der Waals surface area contributed by atoms with Crippen molar-refractivity contribution in [3.8, 4) is 11.5 Å². The molecule has 32 heavy (non-hydrogen) atoms. The molecule has 2 heterocycles. The number of benzene rings is 1. The van der Waals surface area contributed by atoms with Crippen molar-refractivity contribution in [3.05, 3.63) is 51.3 Å². The van der Waals surface area contributed by atoms with Gasteiger partial charge in [0, 0.05) is 0 Å². The summed E-state index contributed by atoms with van der Waals surface area (Å²) in [7, 11) is 2.73. The fraction of sp³-hybridized carbons (Fsp3) is 0.318. The van der Waals surface area contributed by atoms with Gasteiger partial charge in [0.1, 0.15) is 5.76 Å². The summed E-state index contributed by atoms with van der Waals surface area (Å²) in [5.41, 5.74) is 0.583. The van der Waals surface area contributed by atoms with E-state index < -0.39 is 17.1 Å². The summed E-state index contributed by atoms with van der Waals surface area (Å²) in [6.07, 6.45) is 2.31. The Morgan fingerprint density at radius 1 is 1.28 bits per heavy atom. The van der Waals surface area contributed by atoms with E-state index in [-0.39, 0.29) is 29.1 Å². The molecule has 1 fully saturated rings. The highest BCUT2D eigenvalue weighted by molar-refractivity contribution is 8.18. The number of esters is 1. The van der Waals surface area contributed by atoms with E-state index in [1.165, 1.54) is 26.4 Å². The topological polar surface area (TPSA) is 95.3 Å². The third-order valence-corrected chi connectivity index (χ3v) is 5.87. The first-order valence-electron chi connectivity index (χ1n) is 9.73. The van der Waals surface area contributed by atoms with E-state index in [9.17, 15) is 14.4 Å². The molecule has 1 aliphatic heterocycles. The predicted octanol–water partition coefficient (Wildman–Crippen LogP) is 5.14. The van der Waals surface area contributed by atoms with Gasteiger partial charge in [0.25, 0.3) is 11.1 Å². The number of rotatable bonds is 8. The van der Waals surface area contributed by atoms with Gasteiger partial charge >= 0.3 is 5.97 Å². The summed E-state index contributed by atoms with van der Waals surface area (Å²) in [4.78, 5) is 38.0. The average Bonchev–Trinajstić information content (AvgIpc) is 3.35. The second-order valence-electron chi connectivity index (χ2n) is 6.90. The number of hydrogen-bond acceptors (Lipinski definition) is 8. The highest BCUT2D eigenvalue weighted by Gasteiger charge is 2.36. The summed E-state index contributed by atoms with van der Waals surface area (Å²) in [6, 6.07) is 6.27. The molecule has 0 bridgehead atoms. The Bertz CT molecular complexity index is 1080. The van der Waals surface area contributed by atoms with Crippen LogP contribution in [-0.4, -0.2) is 42.3 Å². The van der Waals surface area contributed by atoms with Gasteiger partial charge in [0.05, 0.1) is 36.8 Å². The van der Waals surface area contributed by atoms with E-state index in [0.29, 0.717) is 22.1 Å². The minimum absolute atomic E-state index is 0.00792. The maximum atomic E-state index is 12.8. The Morgan fingerprint density at radius 2 is 2.03 bits per heavy atom. The Morgan fingerprint density at radius 3 is 2.69 bits per heavy atom. The van der Waals surface area contributed by atoms with Crippen molar-refractivity contribution >= 4 is 46.6 Å². The van der Waals surface area contributed by atoms with E-state index in [0.717, 1.165) is 23.1 Å². The van der Waals surface area contributed by atoms with Gasteiger partial charge in [0.2, 0.25) is 5.76 Å². The molecular weight excluding hydrogens is 458 g/mol. The number of hydrogen-bond donors (Lipinski definition) is 0. The average molecular weight is 480 g/mol. The lowest BCUT2D eigenvalue weighted by molar-refractivity contribution is -0.123. The molecule has 170 valence electrons. The molecule has 2 amide bonds. The second kappa shape index (κ2) is 10.1. The van der Waals surface area contributed by atoms with Crippen LogP contribution in [0.15, 0.2) is 33.6 Å². The Labute approximate surface area is 194 Å². The standard InChI is InChI=1S/C22H22ClNO7S/c1-5-12(2)30-19-15(23)8-13(9-17(19)28-3)10-18-20(25)24(22(27)32-18)11-14-6-7-16(31-14)21(26)29-4/h6-10,12H,5,11H2,1-4H3. The number of methoxy groups -OCH3 is 2. The SMILES string of the molecule is CCC(C)Oc1c(Cl)cc(C=C2SC(=O)N(Cc3ccc(C(=O)OC)o3)C2=O)cc1OC. The van der Waals surface area contributed by atoms with E-state index >= 15 is 0 Å². The highest BCUT2D eigenvalue weighted by atomic mass is 35.5. The van der Waals surface area contributed by atoms with E-state index in [4.69, 9.17) is 25.5 Å². The largest absolute Gasteiger partial charge is 0.493 e. The third-order valence-electron chi connectivity index (χ3n) is 4.68. The van der Waals surface area contributed by atoms with E-state index in [1.54, 1.807) is 18.2 Å². The first-order chi connectivity index (χ1) is 15.3. The molecule has 1 saturated heterocycles. The van der Waals surface area contributed by atoms with Gasteiger partial charge in [-0.05, 0) is 61.0 Å². The maximum Gasteiger partial charge on any atom is 0.373 e. The van der Waals surface area contributed by atoms with Gasteiger partial charge in [-0.15, -0.1) is 0 Å². The summed E-state index contributed by atoms with van der Waals surface area (Å²) < 4.78 is 21.2. The molecular formula is C22H22ClNO7S. The monoisotopic (exact) mass is 479 g/mol. The van der Waals surface area contributed by atoms with Crippen LogP contribution in [0.2, 0.25) is 5.02 Å². The van der Waals surface area contributed by atoms with Crippen LogP contribution in [0.1, 0.15) is 42.1 Å². The number of nitrogens with zero attached hydrogens (tertiary/aromatic N) is 1. The van der Waals surface area contributed by atoms with Crippen molar-refractivity contribution in [2.45, 2.75) is 32.9 Å². The van der Waals surface area contributed by atoms with E-state index in [1.807, 2.05) is 13.8 Å². The molecule has 1 aliphatic rings. The lowest BCUT2D eigenvalue weighted by atomic mass is 10.1. The van der Waals surface area contributed by atoms with Gasteiger partial charge in [-0.2, -0.15) is 0 Å². The van der Waals surface area contributed by atoms with Crippen molar-refractivity contribution in [1.82, 2.24) is 4.90 Å². The molecule has 1 aromatic carbocycles. The summed E-state index contributed by atoms with van der Waals surface area (Å²) >= 11 is 7.19. The number of carbonyl (C=O) groups is 3. The zero-order valence-electron chi connectivity index (χ0n) is 18.0. The van der Waals surface area contributed by atoms with Crippen molar-refractivity contribution in [2.24, 2.45) is 0 Å². The molecule has 1 atom stereocenters. The van der Waals surface area contributed by atoms with Crippen molar-refractivity contribution in [1.29, 1.82) is 0 Å². The Balaban J connectivity index is 1.81. The first-order valence-corrected chi connectivity index (χ1v) is 10.9. The highest BCUT2D eigenvalue weighted by Crippen LogP contribution is 2.39. The van der Waals surface area contributed by atoms with Crippen LogP contribution >= 0.6 is 23.4 Å². The molecule has 0 radical (unpaired) electrons. The number of amides is 2. The number of halogens is 1. The Kier molecular flexibility index (Phi) is 7.52. The number of furan rings is 1. The van der Waals surface area contributed by atoms with E-state index in [2.05, 4.69) is 4.74 Å². The minimum atomic E-state index is -0.642. The lowest BCUT2D eigenvalue weighted by Gasteiger charge is -2.17. The lowest BCUT2D eigenvalue weighted by Crippen LogP contribution is -2.27. The molecule has 0 spiro atoms. The molecule has 1 unspecified atom stereocenters. The molecule has 0 N–H and O–H groups in total. The van der Waals surface area contributed by atoms with Gasteiger partial charge in [0.15, 0.2) is 11.5 Å². The predicted molar refractivity (Wildman–Crippen MR) is 120 cm³/mol. The zero-order valence-corrected chi connectivity index (χ0v) is 19.5. The number of thioether (sulfide) groups is 1. The molecule has 10 heteroatoms. The minimum Gasteiger partial charge on any atom is -0.493 e. The molecule has 0 saturated carbocycles. The normalized spacial score (nSPS) is 15.9. The van der Waals surface area contributed by atoms with Crippen LogP contribution in [0.4, 0.5) is 4.79 Å². The fourth-order valence-electron chi connectivity index (χ4n) is 2.84. The first kappa shape index (κ1) is 23.7. The molecule has 3 rings (SSSR count). The van der Waals surface area contributed by atoms with Crippen LogP contribution in [-0.2, 0) is 16.1 Å². The fourth-order valence-corrected chi connectivity index (χ4v) is 3.94. The van der Waals surface area contributed by atoms with Gasteiger partial charge in [-0.25, -0.2) is 4.79 Å². The number of carbonyl (C=O) groups excluding carboxylic acids is 3. The van der Waals surface area contributed by atoms with Crippen LogP contribution in [0.25, 0.3) is 6.08 Å². The quantitative estimate of drug-likeness (QED) is 0.379. The number of imide groups is 1. The third kappa shape index (κ3) is 5.11.